The van der Waals surface area contributed by atoms with Gasteiger partial charge in [-0.3, -0.25) is 4.79 Å². The van der Waals surface area contributed by atoms with Crippen molar-refractivity contribution in [2.75, 3.05) is 18.5 Å². The molecule has 2 aromatic heterocycles. The van der Waals surface area contributed by atoms with E-state index in [1.807, 2.05) is 52.7 Å². The molecule has 1 amide bonds. The van der Waals surface area contributed by atoms with Gasteiger partial charge in [0.15, 0.2) is 5.82 Å². The van der Waals surface area contributed by atoms with E-state index in [0.717, 1.165) is 39.8 Å². The summed E-state index contributed by atoms with van der Waals surface area (Å²) in [6.07, 6.45) is 0.744. The van der Waals surface area contributed by atoms with Crippen LogP contribution in [0.5, 0.6) is 0 Å². The predicted molar refractivity (Wildman–Crippen MR) is 114 cm³/mol. The van der Waals surface area contributed by atoms with Crippen molar-refractivity contribution < 1.29 is 4.79 Å². The van der Waals surface area contributed by atoms with Crippen LogP contribution in [0, 0.1) is 0 Å². The average Bonchev–Trinajstić information content (AvgIpc) is 3.27. The SMILES string of the molecule is CC(C)N(C)c1nc(-c2ccccc2)nc2c1CN(C(=O)c1cccs1)CC2. The summed E-state index contributed by atoms with van der Waals surface area (Å²) in [5.74, 6) is 1.76. The molecule has 0 fully saturated rings. The van der Waals surface area contributed by atoms with Gasteiger partial charge < -0.3 is 9.80 Å². The minimum atomic E-state index is 0.0888. The molecule has 6 heteroatoms. The van der Waals surface area contributed by atoms with Crippen molar-refractivity contribution in [3.05, 3.63) is 64.0 Å². The van der Waals surface area contributed by atoms with Crippen molar-refractivity contribution in [1.29, 1.82) is 0 Å². The molecule has 1 aromatic carbocycles. The van der Waals surface area contributed by atoms with Crippen LogP contribution in [0.15, 0.2) is 47.8 Å². The van der Waals surface area contributed by atoms with Crippen LogP contribution in [0.3, 0.4) is 0 Å². The van der Waals surface area contributed by atoms with Gasteiger partial charge in [-0.2, -0.15) is 0 Å². The Morgan fingerprint density at radius 3 is 2.61 bits per heavy atom. The van der Waals surface area contributed by atoms with Crippen molar-refractivity contribution in [1.82, 2.24) is 14.9 Å². The summed E-state index contributed by atoms with van der Waals surface area (Å²) >= 11 is 1.49. The number of benzene rings is 1. The monoisotopic (exact) mass is 392 g/mol. The first-order valence-electron chi connectivity index (χ1n) is 9.55. The molecule has 1 aliphatic heterocycles. The molecule has 0 saturated heterocycles. The maximum absolute atomic E-state index is 12.9. The number of fused-ring (bicyclic) bond motifs is 1. The first-order chi connectivity index (χ1) is 13.5. The number of rotatable bonds is 4. The quantitative estimate of drug-likeness (QED) is 0.666. The Labute approximate surface area is 169 Å². The molecule has 3 heterocycles. The second-order valence-electron chi connectivity index (χ2n) is 7.32. The Balaban J connectivity index is 1.74. The third kappa shape index (κ3) is 3.52. The largest absolute Gasteiger partial charge is 0.357 e. The van der Waals surface area contributed by atoms with Crippen molar-refractivity contribution in [3.8, 4) is 11.4 Å². The highest BCUT2D eigenvalue weighted by Crippen LogP contribution is 2.31. The topological polar surface area (TPSA) is 49.3 Å². The number of nitrogens with zero attached hydrogens (tertiary/aromatic N) is 4. The highest BCUT2D eigenvalue weighted by molar-refractivity contribution is 7.12. The minimum absolute atomic E-state index is 0.0888. The van der Waals surface area contributed by atoms with E-state index < -0.39 is 0 Å². The lowest BCUT2D eigenvalue weighted by atomic mass is 10.0. The molecule has 5 nitrogen and oxygen atoms in total. The third-order valence-corrected chi connectivity index (χ3v) is 6.06. The normalized spacial score (nSPS) is 13.5. The van der Waals surface area contributed by atoms with Crippen LogP contribution in [0.2, 0.25) is 0 Å². The standard InChI is InChI=1S/C22H24N4OS/c1-15(2)25(3)21-17-14-26(22(27)19-10-7-13-28-19)12-11-18(17)23-20(24-21)16-8-5-4-6-9-16/h4-10,13,15H,11-12,14H2,1-3H3. The zero-order valence-electron chi connectivity index (χ0n) is 16.4. The maximum Gasteiger partial charge on any atom is 0.264 e. The fourth-order valence-electron chi connectivity index (χ4n) is 3.38. The number of carbonyl (C=O) groups excluding carboxylic acids is 1. The fraction of sp³-hybridized carbons (Fsp3) is 0.318. The number of hydrogen-bond acceptors (Lipinski definition) is 5. The highest BCUT2D eigenvalue weighted by atomic mass is 32.1. The summed E-state index contributed by atoms with van der Waals surface area (Å²) in [5, 5.41) is 1.94. The molecule has 0 bridgehead atoms. The zero-order valence-corrected chi connectivity index (χ0v) is 17.2. The molecular formula is C22H24N4OS. The van der Waals surface area contributed by atoms with Crippen molar-refractivity contribution in [2.45, 2.75) is 32.9 Å². The van der Waals surface area contributed by atoms with Crippen molar-refractivity contribution in [2.24, 2.45) is 0 Å². The van der Waals surface area contributed by atoms with Crippen LogP contribution >= 0.6 is 11.3 Å². The molecule has 144 valence electrons. The molecule has 3 aromatic rings. The Morgan fingerprint density at radius 1 is 1.14 bits per heavy atom. The summed E-state index contributed by atoms with van der Waals surface area (Å²) in [5.41, 5.74) is 3.12. The van der Waals surface area contributed by atoms with Gasteiger partial charge in [0.25, 0.3) is 5.91 Å². The Hall–Kier alpha value is -2.73. The lowest BCUT2D eigenvalue weighted by molar-refractivity contribution is 0.0738. The molecule has 0 aliphatic carbocycles. The molecule has 28 heavy (non-hydrogen) atoms. The molecule has 0 saturated carbocycles. The summed E-state index contributed by atoms with van der Waals surface area (Å²) in [7, 11) is 2.06. The van der Waals surface area contributed by atoms with Crippen LogP contribution in [0.25, 0.3) is 11.4 Å². The Kier molecular flexibility index (Phi) is 5.13. The predicted octanol–water partition coefficient (Wildman–Crippen LogP) is 4.25. The van der Waals surface area contributed by atoms with Gasteiger partial charge in [-0.15, -0.1) is 11.3 Å². The number of amides is 1. The fourth-order valence-corrected chi connectivity index (χ4v) is 4.07. The van der Waals surface area contributed by atoms with Crippen LogP contribution in [-0.4, -0.2) is 40.4 Å². The van der Waals surface area contributed by atoms with E-state index in [0.29, 0.717) is 19.1 Å². The molecule has 0 radical (unpaired) electrons. The molecule has 1 aliphatic rings. The number of aromatic nitrogens is 2. The van der Waals surface area contributed by atoms with E-state index >= 15 is 0 Å². The van der Waals surface area contributed by atoms with Crippen LogP contribution in [0.4, 0.5) is 5.82 Å². The molecule has 0 atom stereocenters. The van der Waals surface area contributed by atoms with Gasteiger partial charge in [-0.1, -0.05) is 36.4 Å². The molecule has 4 rings (SSSR count). The second kappa shape index (κ2) is 7.72. The average molecular weight is 393 g/mol. The van der Waals surface area contributed by atoms with E-state index in [4.69, 9.17) is 9.97 Å². The Morgan fingerprint density at radius 2 is 1.93 bits per heavy atom. The van der Waals surface area contributed by atoms with Gasteiger partial charge in [0.2, 0.25) is 0 Å². The summed E-state index contributed by atoms with van der Waals surface area (Å²) in [4.78, 5) is 27.5. The van der Waals surface area contributed by atoms with Crippen LogP contribution in [-0.2, 0) is 13.0 Å². The van der Waals surface area contributed by atoms with E-state index in [1.165, 1.54) is 11.3 Å². The zero-order chi connectivity index (χ0) is 19.7. The van der Waals surface area contributed by atoms with E-state index in [-0.39, 0.29) is 5.91 Å². The van der Waals surface area contributed by atoms with Gasteiger partial charge in [-0.05, 0) is 25.3 Å². The summed E-state index contributed by atoms with van der Waals surface area (Å²) in [6.45, 7) is 5.52. The highest BCUT2D eigenvalue weighted by Gasteiger charge is 2.28. The second-order valence-corrected chi connectivity index (χ2v) is 8.27. The van der Waals surface area contributed by atoms with Crippen molar-refractivity contribution >= 4 is 23.1 Å². The summed E-state index contributed by atoms with van der Waals surface area (Å²) in [6, 6.07) is 14.2. The van der Waals surface area contributed by atoms with Crippen LogP contribution in [0.1, 0.15) is 34.8 Å². The number of anilines is 1. The van der Waals surface area contributed by atoms with E-state index in [2.05, 4.69) is 25.8 Å². The lowest BCUT2D eigenvalue weighted by Gasteiger charge is -2.33. The molecule has 0 N–H and O–H groups in total. The van der Waals surface area contributed by atoms with Crippen LogP contribution < -0.4 is 4.90 Å². The van der Waals surface area contributed by atoms with E-state index in [9.17, 15) is 4.79 Å². The Bertz CT molecular complexity index is 970. The van der Waals surface area contributed by atoms with Gasteiger partial charge in [0.1, 0.15) is 5.82 Å². The third-order valence-electron chi connectivity index (χ3n) is 5.20. The van der Waals surface area contributed by atoms with Gasteiger partial charge in [0.05, 0.1) is 17.1 Å². The van der Waals surface area contributed by atoms with Crippen molar-refractivity contribution in [3.63, 3.8) is 0 Å². The summed E-state index contributed by atoms with van der Waals surface area (Å²) < 4.78 is 0. The molecular weight excluding hydrogens is 368 g/mol. The number of carbonyl (C=O) groups is 1. The smallest absolute Gasteiger partial charge is 0.264 e. The number of hydrogen-bond donors (Lipinski definition) is 0. The van der Waals surface area contributed by atoms with E-state index in [1.54, 1.807) is 0 Å². The molecule has 0 spiro atoms. The van der Waals surface area contributed by atoms with Gasteiger partial charge >= 0.3 is 0 Å². The first kappa shape index (κ1) is 18.6. The minimum Gasteiger partial charge on any atom is -0.357 e. The maximum atomic E-state index is 12.9. The lowest BCUT2D eigenvalue weighted by Crippen LogP contribution is -2.38. The first-order valence-corrected chi connectivity index (χ1v) is 10.4. The number of thiophene rings is 1. The van der Waals surface area contributed by atoms with Gasteiger partial charge in [-0.25, -0.2) is 9.97 Å². The molecule has 0 unspecified atom stereocenters. The van der Waals surface area contributed by atoms with Gasteiger partial charge in [0, 0.05) is 37.2 Å².